The molecule has 0 saturated heterocycles. The number of hydrogen-bond donors (Lipinski definition) is 1. The third-order valence-corrected chi connectivity index (χ3v) is 3.78. The molecular weight excluding hydrogens is 346 g/mol. The van der Waals surface area contributed by atoms with Gasteiger partial charge in [-0.3, -0.25) is 0 Å². The summed E-state index contributed by atoms with van der Waals surface area (Å²) in [5, 5.41) is 17.8. The Kier molecular flexibility index (Phi) is 6.84. The first-order valence-electron chi connectivity index (χ1n) is 8.30. The summed E-state index contributed by atoms with van der Waals surface area (Å²) in [6.45, 7) is 4.70. The topological polar surface area (TPSA) is 88.8 Å². The van der Waals surface area contributed by atoms with Crippen molar-refractivity contribution in [2.75, 3.05) is 20.3 Å². The van der Waals surface area contributed by atoms with Crippen LogP contribution in [0.25, 0.3) is 6.08 Å². The van der Waals surface area contributed by atoms with Crippen molar-refractivity contribution in [1.29, 1.82) is 5.26 Å². The van der Waals surface area contributed by atoms with Crippen LogP contribution >= 0.6 is 0 Å². The Hall–Kier alpha value is -3.46. The number of nitrogens with zero attached hydrogens (tertiary/aromatic N) is 1. The van der Waals surface area contributed by atoms with Crippen LogP contribution in [0.4, 0.5) is 0 Å². The normalized spacial score (nSPS) is 10.8. The molecule has 0 radical (unpaired) electrons. The zero-order chi connectivity index (χ0) is 19.8. The molecule has 0 bridgehead atoms. The van der Waals surface area contributed by atoms with Crippen molar-refractivity contribution in [2.24, 2.45) is 0 Å². The Labute approximate surface area is 158 Å². The maximum absolute atomic E-state index is 10.9. The van der Waals surface area contributed by atoms with E-state index >= 15 is 0 Å². The number of rotatable bonds is 8. The predicted octanol–water partition coefficient (Wildman–Crippen LogP) is 3.76. The van der Waals surface area contributed by atoms with Gasteiger partial charge in [-0.05, 0) is 49.2 Å². The van der Waals surface area contributed by atoms with E-state index in [0.717, 1.165) is 11.3 Å². The molecule has 2 aromatic rings. The Balaban J connectivity index is 2.00. The van der Waals surface area contributed by atoms with Crippen LogP contribution in [-0.2, 0) is 4.79 Å². The van der Waals surface area contributed by atoms with Gasteiger partial charge in [-0.15, -0.1) is 0 Å². The highest BCUT2D eigenvalue weighted by Gasteiger charge is 2.09. The molecule has 0 aromatic heterocycles. The lowest BCUT2D eigenvalue weighted by Gasteiger charge is -2.13. The largest absolute Gasteiger partial charge is 0.493 e. The highest BCUT2D eigenvalue weighted by Crippen LogP contribution is 2.29. The second-order valence-corrected chi connectivity index (χ2v) is 5.85. The average molecular weight is 367 g/mol. The summed E-state index contributed by atoms with van der Waals surface area (Å²) in [4.78, 5) is 10.9. The molecule has 0 fully saturated rings. The fourth-order valence-corrected chi connectivity index (χ4v) is 2.47. The van der Waals surface area contributed by atoms with Crippen molar-refractivity contribution in [3.8, 4) is 23.3 Å². The lowest BCUT2D eigenvalue weighted by atomic mass is 10.1. The van der Waals surface area contributed by atoms with Crippen LogP contribution in [0.1, 0.15) is 16.7 Å². The molecule has 0 atom stereocenters. The van der Waals surface area contributed by atoms with Gasteiger partial charge in [0.05, 0.1) is 7.11 Å². The van der Waals surface area contributed by atoms with E-state index in [-0.39, 0.29) is 5.57 Å². The van der Waals surface area contributed by atoms with Crippen molar-refractivity contribution >= 4 is 12.0 Å². The van der Waals surface area contributed by atoms with Crippen LogP contribution in [-0.4, -0.2) is 31.4 Å². The third-order valence-electron chi connectivity index (χ3n) is 3.78. The minimum atomic E-state index is -1.28. The number of methoxy groups -OCH3 is 1. The highest BCUT2D eigenvalue weighted by molar-refractivity contribution is 5.96. The average Bonchev–Trinajstić information content (AvgIpc) is 2.64. The van der Waals surface area contributed by atoms with E-state index in [1.165, 1.54) is 18.7 Å². The Bertz CT molecular complexity index is 896. The second-order valence-electron chi connectivity index (χ2n) is 5.85. The number of carboxylic acids is 1. The summed E-state index contributed by atoms with van der Waals surface area (Å²) in [5.74, 6) is 0.486. The van der Waals surface area contributed by atoms with Crippen molar-refractivity contribution in [3.63, 3.8) is 0 Å². The molecular formula is C21H21NO5. The molecule has 140 valence electrons. The van der Waals surface area contributed by atoms with E-state index in [4.69, 9.17) is 24.6 Å². The van der Waals surface area contributed by atoms with Gasteiger partial charge in [0.15, 0.2) is 11.5 Å². The fraction of sp³-hybridized carbons (Fsp3) is 0.238. The molecule has 0 unspecified atom stereocenters. The van der Waals surface area contributed by atoms with E-state index in [1.807, 2.05) is 26.0 Å². The molecule has 0 aliphatic rings. The molecule has 0 heterocycles. The number of benzene rings is 2. The maximum atomic E-state index is 10.9. The SMILES string of the molecule is COc1cc(C=C(C#N)C(=O)O)ccc1OCCOc1ccc(C)cc1C. The van der Waals surface area contributed by atoms with E-state index < -0.39 is 5.97 Å². The van der Waals surface area contributed by atoms with Gasteiger partial charge in [-0.25, -0.2) is 4.79 Å². The molecule has 0 aliphatic carbocycles. The van der Waals surface area contributed by atoms with Gasteiger partial charge >= 0.3 is 5.97 Å². The zero-order valence-electron chi connectivity index (χ0n) is 15.5. The van der Waals surface area contributed by atoms with E-state index in [9.17, 15) is 4.79 Å². The molecule has 0 aliphatic heterocycles. The first-order valence-corrected chi connectivity index (χ1v) is 8.30. The zero-order valence-corrected chi connectivity index (χ0v) is 15.5. The summed E-state index contributed by atoms with van der Waals surface area (Å²) in [6, 6.07) is 12.6. The molecule has 6 nitrogen and oxygen atoms in total. The van der Waals surface area contributed by atoms with Crippen molar-refractivity contribution in [2.45, 2.75) is 13.8 Å². The summed E-state index contributed by atoms with van der Waals surface area (Å²) >= 11 is 0. The number of aryl methyl sites for hydroxylation is 2. The molecule has 2 aromatic carbocycles. The van der Waals surface area contributed by atoms with Gasteiger partial charge < -0.3 is 19.3 Å². The Morgan fingerprint density at radius 1 is 1.07 bits per heavy atom. The van der Waals surface area contributed by atoms with E-state index in [0.29, 0.717) is 30.3 Å². The predicted molar refractivity (Wildman–Crippen MR) is 101 cm³/mol. The maximum Gasteiger partial charge on any atom is 0.346 e. The van der Waals surface area contributed by atoms with Crippen LogP contribution in [0.5, 0.6) is 17.2 Å². The van der Waals surface area contributed by atoms with E-state index in [1.54, 1.807) is 24.3 Å². The third kappa shape index (κ3) is 5.51. The van der Waals surface area contributed by atoms with E-state index in [2.05, 4.69) is 6.07 Å². The van der Waals surface area contributed by atoms with Crippen LogP contribution in [0, 0.1) is 25.2 Å². The quantitative estimate of drug-likeness (QED) is 0.434. The summed E-state index contributed by atoms with van der Waals surface area (Å²) < 4.78 is 16.7. The van der Waals surface area contributed by atoms with Crippen LogP contribution in [0.2, 0.25) is 0 Å². The minimum absolute atomic E-state index is 0.317. The van der Waals surface area contributed by atoms with Gasteiger partial charge in [-0.1, -0.05) is 23.8 Å². The smallest absolute Gasteiger partial charge is 0.346 e. The van der Waals surface area contributed by atoms with Gasteiger partial charge in [0.2, 0.25) is 0 Å². The van der Waals surface area contributed by atoms with Crippen LogP contribution < -0.4 is 14.2 Å². The summed E-state index contributed by atoms with van der Waals surface area (Å²) in [7, 11) is 1.49. The number of ether oxygens (including phenoxy) is 3. The molecule has 2 rings (SSSR count). The molecule has 6 heteroatoms. The highest BCUT2D eigenvalue weighted by atomic mass is 16.5. The summed E-state index contributed by atoms with van der Waals surface area (Å²) in [5.41, 5.74) is 2.42. The van der Waals surface area contributed by atoms with Crippen LogP contribution in [0.15, 0.2) is 42.0 Å². The van der Waals surface area contributed by atoms with Gasteiger partial charge in [0, 0.05) is 0 Å². The number of nitriles is 1. The molecule has 0 amide bonds. The number of aliphatic carboxylic acids is 1. The number of carbonyl (C=O) groups is 1. The lowest BCUT2D eigenvalue weighted by Crippen LogP contribution is -2.10. The standard InChI is InChI=1S/C21H21NO5/c1-14-4-6-18(15(2)10-14)26-8-9-27-19-7-5-16(12-20(19)25-3)11-17(13-22)21(23)24/h4-7,10-12H,8-9H2,1-3H3,(H,23,24). The molecule has 0 spiro atoms. The Morgan fingerprint density at radius 2 is 1.74 bits per heavy atom. The summed E-state index contributed by atoms with van der Waals surface area (Å²) in [6.07, 6.45) is 1.28. The van der Waals surface area contributed by atoms with Crippen molar-refractivity contribution in [1.82, 2.24) is 0 Å². The lowest BCUT2D eigenvalue weighted by molar-refractivity contribution is -0.132. The van der Waals surface area contributed by atoms with Crippen molar-refractivity contribution in [3.05, 3.63) is 58.7 Å². The first kappa shape index (κ1) is 19.9. The molecule has 0 saturated carbocycles. The van der Waals surface area contributed by atoms with Gasteiger partial charge in [-0.2, -0.15) is 5.26 Å². The van der Waals surface area contributed by atoms with Crippen LogP contribution in [0.3, 0.4) is 0 Å². The first-order chi connectivity index (χ1) is 12.9. The minimum Gasteiger partial charge on any atom is -0.493 e. The van der Waals surface area contributed by atoms with Gasteiger partial charge in [0.1, 0.15) is 30.6 Å². The van der Waals surface area contributed by atoms with Gasteiger partial charge in [0.25, 0.3) is 0 Å². The Morgan fingerprint density at radius 3 is 2.33 bits per heavy atom. The molecule has 1 N–H and O–H groups in total. The molecule has 27 heavy (non-hydrogen) atoms. The number of carboxylic acid groups (broad SMARTS) is 1. The van der Waals surface area contributed by atoms with Crippen molar-refractivity contribution < 1.29 is 24.1 Å². The monoisotopic (exact) mass is 367 g/mol. The second kappa shape index (κ2) is 9.30. The fourth-order valence-electron chi connectivity index (χ4n) is 2.47. The number of hydrogen-bond acceptors (Lipinski definition) is 5.